The standard InChI is InChI=1S/C11H10BrN/c12-11-6-9-4-2-1-3-8(9)5-10(11)7-13/h1-6H,7,13H2. The van der Waals surface area contributed by atoms with Crippen molar-refractivity contribution in [2.45, 2.75) is 6.54 Å². The van der Waals surface area contributed by atoms with Crippen molar-refractivity contribution < 1.29 is 0 Å². The number of hydrogen-bond donors (Lipinski definition) is 1. The van der Waals surface area contributed by atoms with Crippen LogP contribution in [0.2, 0.25) is 0 Å². The minimum atomic E-state index is 0.575. The van der Waals surface area contributed by atoms with Gasteiger partial charge in [-0.2, -0.15) is 0 Å². The number of hydrogen-bond acceptors (Lipinski definition) is 1. The van der Waals surface area contributed by atoms with Crippen LogP contribution < -0.4 is 5.73 Å². The molecule has 0 spiro atoms. The minimum Gasteiger partial charge on any atom is -0.326 e. The Morgan fingerprint density at radius 3 is 2.31 bits per heavy atom. The molecule has 0 fully saturated rings. The summed E-state index contributed by atoms with van der Waals surface area (Å²) in [6.07, 6.45) is 0. The molecule has 0 saturated carbocycles. The molecule has 0 heterocycles. The van der Waals surface area contributed by atoms with E-state index in [-0.39, 0.29) is 0 Å². The van der Waals surface area contributed by atoms with Gasteiger partial charge in [0.05, 0.1) is 0 Å². The smallest absolute Gasteiger partial charge is 0.0226 e. The van der Waals surface area contributed by atoms with Gasteiger partial charge < -0.3 is 5.73 Å². The van der Waals surface area contributed by atoms with E-state index < -0.39 is 0 Å². The molecule has 0 bridgehead atoms. The number of rotatable bonds is 1. The van der Waals surface area contributed by atoms with Gasteiger partial charge in [-0.1, -0.05) is 40.2 Å². The number of nitrogens with two attached hydrogens (primary N) is 1. The Labute approximate surface area is 85.7 Å². The molecule has 1 nitrogen and oxygen atoms in total. The van der Waals surface area contributed by atoms with Crippen LogP contribution >= 0.6 is 15.9 Å². The molecule has 0 aliphatic carbocycles. The molecular formula is C11H10BrN. The lowest BCUT2D eigenvalue weighted by Crippen LogP contribution is -1.96. The summed E-state index contributed by atoms with van der Waals surface area (Å²) in [6.45, 7) is 0.575. The first-order valence-corrected chi connectivity index (χ1v) is 4.98. The lowest BCUT2D eigenvalue weighted by Gasteiger charge is -2.03. The van der Waals surface area contributed by atoms with E-state index >= 15 is 0 Å². The van der Waals surface area contributed by atoms with E-state index in [1.54, 1.807) is 0 Å². The zero-order valence-electron chi connectivity index (χ0n) is 7.13. The van der Waals surface area contributed by atoms with Gasteiger partial charge in [-0.25, -0.2) is 0 Å². The van der Waals surface area contributed by atoms with Crippen LogP contribution in [-0.2, 0) is 6.54 Å². The zero-order chi connectivity index (χ0) is 9.26. The summed E-state index contributed by atoms with van der Waals surface area (Å²) in [5.41, 5.74) is 6.76. The molecular weight excluding hydrogens is 226 g/mol. The summed E-state index contributed by atoms with van der Waals surface area (Å²) >= 11 is 3.50. The SMILES string of the molecule is NCc1cc2ccccc2cc1Br. The molecule has 13 heavy (non-hydrogen) atoms. The van der Waals surface area contributed by atoms with Crippen LogP contribution in [0.25, 0.3) is 10.8 Å². The van der Waals surface area contributed by atoms with Gasteiger partial charge in [-0.3, -0.25) is 0 Å². The topological polar surface area (TPSA) is 26.0 Å². The molecule has 0 atom stereocenters. The molecule has 0 amide bonds. The Bertz CT molecular complexity index is 437. The highest BCUT2D eigenvalue weighted by Gasteiger charge is 1.99. The summed E-state index contributed by atoms with van der Waals surface area (Å²) in [7, 11) is 0. The van der Waals surface area contributed by atoms with Gasteiger partial charge in [0.2, 0.25) is 0 Å². The molecule has 2 heteroatoms. The molecule has 2 aromatic rings. The molecule has 2 rings (SSSR count). The molecule has 0 aliphatic heterocycles. The Morgan fingerprint density at radius 2 is 1.69 bits per heavy atom. The van der Waals surface area contributed by atoms with E-state index in [0.29, 0.717) is 6.54 Å². The van der Waals surface area contributed by atoms with Crippen molar-refractivity contribution in [2.24, 2.45) is 5.73 Å². The fourth-order valence-electron chi connectivity index (χ4n) is 1.42. The first-order chi connectivity index (χ1) is 6.31. The van der Waals surface area contributed by atoms with Crippen LogP contribution in [0.3, 0.4) is 0 Å². The first-order valence-electron chi connectivity index (χ1n) is 4.18. The highest BCUT2D eigenvalue weighted by Crippen LogP contribution is 2.23. The zero-order valence-corrected chi connectivity index (χ0v) is 8.71. The summed E-state index contributed by atoms with van der Waals surface area (Å²) in [5.74, 6) is 0. The molecule has 66 valence electrons. The van der Waals surface area contributed by atoms with Crippen molar-refractivity contribution in [1.82, 2.24) is 0 Å². The van der Waals surface area contributed by atoms with Crippen LogP contribution in [0.1, 0.15) is 5.56 Å². The average Bonchev–Trinajstić information content (AvgIpc) is 2.17. The fraction of sp³-hybridized carbons (Fsp3) is 0.0909. The second-order valence-electron chi connectivity index (χ2n) is 2.99. The van der Waals surface area contributed by atoms with Gasteiger partial charge >= 0.3 is 0 Å². The minimum absolute atomic E-state index is 0.575. The third-order valence-corrected chi connectivity index (χ3v) is 2.87. The second-order valence-corrected chi connectivity index (χ2v) is 3.85. The third kappa shape index (κ3) is 1.60. The van der Waals surface area contributed by atoms with Crippen LogP contribution in [0.5, 0.6) is 0 Å². The van der Waals surface area contributed by atoms with E-state index in [2.05, 4.69) is 40.2 Å². The van der Waals surface area contributed by atoms with Gasteiger partial charge in [0.1, 0.15) is 0 Å². The number of halogens is 1. The lowest BCUT2D eigenvalue weighted by molar-refractivity contribution is 1.07. The maximum atomic E-state index is 5.61. The molecule has 0 aromatic heterocycles. The Kier molecular flexibility index (Phi) is 2.34. The Morgan fingerprint density at radius 1 is 1.08 bits per heavy atom. The first kappa shape index (κ1) is 8.73. The quantitative estimate of drug-likeness (QED) is 0.808. The summed E-state index contributed by atoms with van der Waals surface area (Å²) in [6, 6.07) is 12.5. The van der Waals surface area contributed by atoms with Gasteiger partial charge in [0.25, 0.3) is 0 Å². The van der Waals surface area contributed by atoms with Gasteiger partial charge in [0, 0.05) is 11.0 Å². The third-order valence-electron chi connectivity index (χ3n) is 2.13. The highest BCUT2D eigenvalue weighted by atomic mass is 79.9. The van der Waals surface area contributed by atoms with E-state index in [1.807, 2.05) is 12.1 Å². The predicted octanol–water partition coefficient (Wildman–Crippen LogP) is 3.06. The summed E-state index contributed by atoms with van der Waals surface area (Å²) < 4.78 is 1.09. The van der Waals surface area contributed by atoms with Crippen molar-refractivity contribution in [2.75, 3.05) is 0 Å². The van der Waals surface area contributed by atoms with E-state index in [9.17, 15) is 0 Å². The van der Waals surface area contributed by atoms with Gasteiger partial charge in [0.15, 0.2) is 0 Å². The lowest BCUT2D eigenvalue weighted by atomic mass is 10.1. The van der Waals surface area contributed by atoms with Gasteiger partial charge in [-0.05, 0) is 28.5 Å². The van der Waals surface area contributed by atoms with Crippen LogP contribution in [0, 0.1) is 0 Å². The largest absolute Gasteiger partial charge is 0.326 e. The highest BCUT2D eigenvalue weighted by molar-refractivity contribution is 9.10. The molecule has 2 N–H and O–H groups in total. The van der Waals surface area contributed by atoms with Crippen molar-refractivity contribution in [1.29, 1.82) is 0 Å². The second kappa shape index (κ2) is 3.48. The fourth-order valence-corrected chi connectivity index (χ4v) is 1.94. The van der Waals surface area contributed by atoms with Crippen molar-refractivity contribution in [3.63, 3.8) is 0 Å². The van der Waals surface area contributed by atoms with E-state index in [4.69, 9.17) is 5.73 Å². The van der Waals surface area contributed by atoms with Gasteiger partial charge in [-0.15, -0.1) is 0 Å². The molecule has 0 aliphatic rings. The molecule has 0 radical (unpaired) electrons. The summed E-state index contributed by atoms with van der Waals surface area (Å²) in [4.78, 5) is 0. The number of fused-ring (bicyclic) bond motifs is 1. The maximum Gasteiger partial charge on any atom is 0.0226 e. The predicted molar refractivity (Wildman–Crippen MR) is 59.5 cm³/mol. The van der Waals surface area contributed by atoms with Crippen LogP contribution in [0.15, 0.2) is 40.9 Å². The maximum absolute atomic E-state index is 5.61. The normalized spacial score (nSPS) is 10.6. The summed E-state index contributed by atoms with van der Waals surface area (Å²) in [5, 5.41) is 2.48. The monoisotopic (exact) mass is 235 g/mol. The average molecular weight is 236 g/mol. The van der Waals surface area contributed by atoms with Crippen LogP contribution in [0.4, 0.5) is 0 Å². The van der Waals surface area contributed by atoms with Crippen molar-refractivity contribution in [3.8, 4) is 0 Å². The molecule has 0 saturated heterocycles. The molecule has 2 aromatic carbocycles. The Hall–Kier alpha value is -0.860. The van der Waals surface area contributed by atoms with Crippen molar-refractivity contribution >= 4 is 26.7 Å². The van der Waals surface area contributed by atoms with Crippen LogP contribution in [-0.4, -0.2) is 0 Å². The van der Waals surface area contributed by atoms with Crippen molar-refractivity contribution in [3.05, 3.63) is 46.4 Å². The van der Waals surface area contributed by atoms with E-state index in [0.717, 1.165) is 10.0 Å². The number of benzene rings is 2. The molecule has 0 unspecified atom stereocenters. The van der Waals surface area contributed by atoms with E-state index in [1.165, 1.54) is 10.8 Å². The Balaban J connectivity index is 2.74.